The highest BCUT2D eigenvalue weighted by Gasteiger charge is 2.09. The monoisotopic (exact) mass is 195 g/mol. The van der Waals surface area contributed by atoms with Gasteiger partial charge in [0, 0.05) is 18.2 Å². The molecule has 2 atom stereocenters. The van der Waals surface area contributed by atoms with E-state index in [2.05, 4.69) is 5.32 Å². The van der Waals surface area contributed by atoms with E-state index in [1.807, 2.05) is 19.1 Å². The summed E-state index contributed by atoms with van der Waals surface area (Å²) in [5.41, 5.74) is 0.855. The molecule has 3 heteroatoms. The van der Waals surface area contributed by atoms with E-state index in [4.69, 9.17) is 5.11 Å². The number of para-hydroxylation sites is 1. The fraction of sp³-hybridized carbons (Fsp3) is 0.455. The van der Waals surface area contributed by atoms with Crippen LogP contribution >= 0.6 is 0 Å². The molecule has 0 saturated heterocycles. The average Bonchev–Trinajstić information content (AvgIpc) is 2.15. The van der Waals surface area contributed by atoms with E-state index >= 15 is 0 Å². The zero-order chi connectivity index (χ0) is 10.6. The van der Waals surface area contributed by atoms with Gasteiger partial charge in [0.1, 0.15) is 5.75 Å². The molecule has 78 valence electrons. The van der Waals surface area contributed by atoms with Crippen LogP contribution < -0.4 is 5.32 Å². The normalized spacial score (nSPS) is 15.1. The molecule has 3 N–H and O–H groups in total. The van der Waals surface area contributed by atoms with Crippen molar-refractivity contribution >= 4 is 0 Å². The summed E-state index contributed by atoms with van der Waals surface area (Å²) < 4.78 is 0. The Hall–Kier alpha value is -1.06. The van der Waals surface area contributed by atoms with Crippen LogP contribution in [0.2, 0.25) is 0 Å². The molecule has 0 aliphatic carbocycles. The standard InChI is InChI=1S/C11H17NO2/c1-8(13)7-12-9(2)10-5-3-4-6-11(10)14/h3-6,8-9,12-14H,7H2,1-2H3/t8-,9+/m1/s1. The molecule has 0 aromatic heterocycles. The van der Waals surface area contributed by atoms with Crippen molar-refractivity contribution in [1.29, 1.82) is 0 Å². The SMILES string of the molecule is C[C@H](NC[C@@H](C)O)c1ccccc1O. The summed E-state index contributed by atoms with van der Waals surface area (Å²) >= 11 is 0. The number of phenols is 1. The van der Waals surface area contributed by atoms with Crippen LogP contribution in [0.5, 0.6) is 5.75 Å². The van der Waals surface area contributed by atoms with Crippen LogP contribution in [0, 0.1) is 0 Å². The fourth-order valence-electron chi connectivity index (χ4n) is 1.31. The summed E-state index contributed by atoms with van der Waals surface area (Å²) in [6.07, 6.45) is -0.372. The summed E-state index contributed by atoms with van der Waals surface area (Å²) in [7, 11) is 0. The lowest BCUT2D eigenvalue weighted by atomic mass is 10.1. The summed E-state index contributed by atoms with van der Waals surface area (Å²) in [6, 6.07) is 7.26. The van der Waals surface area contributed by atoms with Gasteiger partial charge in [-0.25, -0.2) is 0 Å². The second-order valence-electron chi connectivity index (χ2n) is 3.54. The molecule has 0 radical (unpaired) electrons. The average molecular weight is 195 g/mol. The maximum Gasteiger partial charge on any atom is 0.120 e. The molecule has 0 unspecified atom stereocenters. The number of nitrogens with one attached hydrogen (secondary N) is 1. The van der Waals surface area contributed by atoms with Gasteiger partial charge in [-0.2, -0.15) is 0 Å². The third kappa shape index (κ3) is 3.01. The van der Waals surface area contributed by atoms with E-state index in [-0.39, 0.29) is 17.9 Å². The number of hydrogen-bond acceptors (Lipinski definition) is 3. The number of aliphatic hydroxyl groups excluding tert-OH is 1. The zero-order valence-electron chi connectivity index (χ0n) is 8.57. The van der Waals surface area contributed by atoms with Crippen LogP contribution in [-0.4, -0.2) is 22.9 Å². The van der Waals surface area contributed by atoms with Crippen molar-refractivity contribution in [2.45, 2.75) is 26.0 Å². The molecule has 14 heavy (non-hydrogen) atoms. The lowest BCUT2D eigenvalue weighted by molar-refractivity contribution is 0.187. The van der Waals surface area contributed by atoms with Crippen LogP contribution in [0.3, 0.4) is 0 Å². The first-order valence-electron chi connectivity index (χ1n) is 4.80. The van der Waals surface area contributed by atoms with Crippen LogP contribution in [0.1, 0.15) is 25.5 Å². The molecular weight excluding hydrogens is 178 g/mol. The second-order valence-corrected chi connectivity index (χ2v) is 3.54. The molecule has 0 bridgehead atoms. The summed E-state index contributed by atoms with van der Waals surface area (Å²) in [6.45, 7) is 4.21. The topological polar surface area (TPSA) is 52.5 Å². The zero-order valence-corrected chi connectivity index (χ0v) is 8.57. The van der Waals surface area contributed by atoms with Crippen molar-refractivity contribution in [2.75, 3.05) is 6.54 Å². The third-order valence-corrected chi connectivity index (χ3v) is 2.12. The van der Waals surface area contributed by atoms with E-state index in [9.17, 15) is 5.11 Å². The number of rotatable bonds is 4. The summed E-state index contributed by atoms with van der Waals surface area (Å²) in [4.78, 5) is 0. The molecule has 0 fully saturated rings. The Balaban J connectivity index is 2.60. The Kier molecular flexibility index (Phi) is 3.92. The van der Waals surface area contributed by atoms with Gasteiger partial charge in [-0.15, -0.1) is 0 Å². The van der Waals surface area contributed by atoms with Crippen LogP contribution in [-0.2, 0) is 0 Å². The smallest absolute Gasteiger partial charge is 0.120 e. The number of aliphatic hydroxyl groups is 1. The van der Waals surface area contributed by atoms with Crippen LogP contribution in [0.25, 0.3) is 0 Å². The molecule has 0 amide bonds. The van der Waals surface area contributed by atoms with Crippen LogP contribution in [0.15, 0.2) is 24.3 Å². The number of phenolic OH excluding ortho intramolecular Hbond substituents is 1. The molecule has 0 saturated carbocycles. The van der Waals surface area contributed by atoms with Gasteiger partial charge in [-0.3, -0.25) is 0 Å². The molecule has 0 heterocycles. The minimum absolute atomic E-state index is 0.0470. The summed E-state index contributed by atoms with van der Waals surface area (Å²) in [5.74, 6) is 0.290. The predicted molar refractivity (Wildman–Crippen MR) is 56.2 cm³/mol. The molecular formula is C11H17NO2. The van der Waals surface area contributed by atoms with Gasteiger partial charge in [0.05, 0.1) is 6.10 Å². The Morgan fingerprint density at radius 1 is 1.29 bits per heavy atom. The minimum atomic E-state index is -0.372. The minimum Gasteiger partial charge on any atom is -0.508 e. The quantitative estimate of drug-likeness (QED) is 0.681. The largest absolute Gasteiger partial charge is 0.508 e. The van der Waals surface area contributed by atoms with Crippen molar-refractivity contribution in [2.24, 2.45) is 0 Å². The van der Waals surface area contributed by atoms with Gasteiger partial charge in [0.25, 0.3) is 0 Å². The highest BCUT2D eigenvalue weighted by atomic mass is 16.3. The van der Waals surface area contributed by atoms with Gasteiger partial charge in [-0.1, -0.05) is 18.2 Å². The van der Waals surface area contributed by atoms with Crippen molar-refractivity contribution in [3.63, 3.8) is 0 Å². The molecule has 1 aromatic carbocycles. The second kappa shape index (κ2) is 4.98. The Morgan fingerprint density at radius 3 is 2.50 bits per heavy atom. The van der Waals surface area contributed by atoms with E-state index < -0.39 is 0 Å². The summed E-state index contributed by atoms with van der Waals surface area (Å²) in [5, 5.41) is 21.8. The third-order valence-electron chi connectivity index (χ3n) is 2.12. The predicted octanol–water partition coefficient (Wildman–Crippen LogP) is 1.42. The van der Waals surface area contributed by atoms with Crippen molar-refractivity contribution in [3.8, 4) is 5.75 Å². The van der Waals surface area contributed by atoms with E-state index in [1.54, 1.807) is 19.1 Å². The lowest BCUT2D eigenvalue weighted by Crippen LogP contribution is -2.27. The first kappa shape index (κ1) is 11.0. The van der Waals surface area contributed by atoms with Gasteiger partial charge in [-0.05, 0) is 19.9 Å². The number of hydrogen-bond donors (Lipinski definition) is 3. The van der Waals surface area contributed by atoms with Gasteiger partial charge >= 0.3 is 0 Å². The molecule has 0 spiro atoms. The highest BCUT2D eigenvalue weighted by Crippen LogP contribution is 2.22. The van der Waals surface area contributed by atoms with Crippen molar-refractivity contribution in [1.82, 2.24) is 5.32 Å². The lowest BCUT2D eigenvalue weighted by Gasteiger charge is -2.16. The first-order chi connectivity index (χ1) is 6.61. The number of aromatic hydroxyl groups is 1. The molecule has 1 rings (SSSR count). The molecule has 3 nitrogen and oxygen atoms in total. The fourth-order valence-corrected chi connectivity index (χ4v) is 1.31. The van der Waals surface area contributed by atoms with E-state index in [1.165, 1.54) is 0 Å². The van der Waals surface area contributed by atoms with Gasteiger partial charge in [0.15, 0.2) is 0 Å². The van der Waals surface area contributed by atoms with Gasteiger partial charge < -0.3 is 15.5 Å². The number of benzene rings is 1. The maximum absolute atomic E-state index is 9.54. The van der Waals surface area contributed by atoms with Crippen LogP contribution in [0.4, 0.5) is 0 Å². The molecule has 0 aliphatic heterocycles. The Morgan fingerprint density at radius 2 is 1.93 bits per heavy atom. The highest BCUT2D eigenvalue weighted by molar-refractivity contribution is 5.34. The molecule has 1 aromatic rings. The van der Waals surface area contributed by atoms with Crippen molar-refractivity contribution < 1.29 is 10.2 Å². The Labute approximate surface area is 84.4 Å². The van der Waals surface area contributed by atoms with E-state index in [0.717, 1.165) is 5.56 Å². The van der Waals surface area contributed by atoms with E-state index in [0.29, 0.717) is 6.54 Å². The maximum atomic E-state index is 9.54. The van der Waals surface area contributed by atoms with Gasteiger partial charge in [0.2, 0.25) is 0 Å². The van der Waals surface area contributed by atoms with Crippen molar-refractivity contribution in [3.05, 3.63) is 29.8 Å². The molecule has 0 aliphatic rings. The first-order valence-corrected chi connectivity index (χ1v) is 4.80. The Bertz CT molecular complexity index is 286.